The van der Waals surface area contributed by atoms with Crippen molar-refractivity contribution in [3.8, 4) is 0 Å². The van der Waals surface area contributed by atoms with Crippen molar-refractivity contribution in [2.45, 2.75) is 50.2 Å². The minimum atomic E-state index is -0.253. The van der Waals surface area contributed by atoms with E-state index in [0.717, 1.165) is 50.0 Å². The van der Waals surface area contributed by atoms with Gasteiger partial charge < -0.3 is 19.3 Å². The number of aryl methyl sites for hydroxylation is 1. The lowest BCUT2D eigenvalue weighted by Crippen LogP contribution is -2.57. The van der Waals surface area contributed by atoms with Gasteiger partial charge in [0.15, 0.2) is 0 Å². The number of likely N-dealkylation sites (tertiary alicyclic amines) is 1. The molecule has 0 unspecified atom stereocenters. The number of amides is 2. The maximum atomic E-state index is 12.9. The highest BCUT2D eigenvalue weighted by Crippen LogP contribution is 2.37. The largest absolute Gasteiger partial charge is 0.378 e. The molecule has 3 heterocycles. The van der Waals surface area contributed by atoms with Crippen LogP contribution >= 0.6 is 0 Å². The second kappa shape index (κ2) is 7.60. The molecule has 1 atom stereocenters. The normalized spacial score (nSPS) is 24.8. The van der Waals surface area contributed by atoms with Gasteiger partial charge in [-0.2, -0.15) is 0 Å². The first-order valence-electron chi connectivity index (χ1n) is 9.96. The molecule has 2 saturated heterocycles. The number of carbonyl (C=O) groups is 2. The number of nitrogens with zero attached hydrogens (tertiary/aromatic N) is 2. The summed E-state index contributed by atoms with van der Waals surface area (Å²) in [6.07, 6.45) is 4.96. The summed E-state index contributed by atoms with van der Waals surface area (Å²) in [5, 5.41) is 0. The molecule has 4 rings (SSSR count). The highest BCUT2D eigenvalue weighted by atomic mass is 16.5. The molecule has 0 bridgehead atoms. The third-order valence-corrected chi connectivity index (χ3v) is 6.32. The van der Waals surface area contributed by atoms with Gasteiger partial charge in [0.05, 0.1) is 11.7 Å². The Morgan fingerprint density at radius 3 is 2.81 bits per heavy atom. The lowest BCUT2D eigenvalue weighted by molar-refractivity contribution is -0.187. The monoisotopic (exact) mass is 372 g/mol. The molecule has 3 aliphatic heterocycles. The second-order valence-electron chi connectivity index (χ2n) is 7.77. The average molecular weight is 372 g/mol. The van der Waals surface area contributed by atoms with E-state index in [4.69, 9.17) is 9.47 Å². The van der Waals surface area contributed by atoms with E-state index in [1.807, 2.05) is 29.2 Å². The number of anilines is 1. The molecule has 6 nitrogen and oxygen atoms in total. The summed E-state index contributed by atoms with van der Waals surface area (Å²) >= 11 is 0. The SMILES string of the molecule is CO[C@H]1CCCOC12CCN(C(=O)CN1C(=O)CCc3ccccc31)CC2. The number of hydrogen-bond donors (Lipinski definition) is 0. The molecule has 2 amide bonds. The Kier molecular flexibility index (Phi) is 5.19. The smallest absolute Gasteiger partial charge is 0.242 e. The molecule has 0 N–H and O–H groups in total. The zero-order chi connectivity index (χ0) is 18.9. The Morgan fingerprint density at radius 1 is 1.26 bits per heavy atom. The van der Waals surface area contributed by atoms with Crippen LogP contribution in [-0.4, -0.2) is 61.8 Å². The Labute approximate surface area is 160 Å². The number of hydrogen-bond acceptors (Lipinski definition) is 4. The summed E-state index contributed by atoms with van der Waals surface area (Å²) in [5.74, 6) is 0.0465. The van der Waals surface area contributed by atoms with Crippen molar-refractivity contribution >= 4 is 17.5 Å². The van der Waals surface area contributed by atoms with Gasteiger partial charge in [-0.3, -0.25) is 9.59 Å². The fraction of sp³-hybridized carbons (Fsp3) is 0.619. The third kappa shape index (κ3) is 3.48. The minimum absolute atomic E-state index is 0.0136. The van der Waals surface area contributed by atoms with Gasteiger partial charge >= 0.3 is 0 Å². The van der Waals surface area contributed by atoms with Crippen molar-refractivity contribution in [3.63, 3.8) is 0 Å². The van der Waals surface area contributed by atoms with Gasteiger partial charge in [0.1, 0.15) is 6.54 Å². The summed E-state index contributed by atoms with van der Waals surface area (Å²) in [7, 11) is 1.75. The van der Waals surface area contributed by atoms with Crippen LogP contribution in [0.4, 0.5) is 5.69 Å². The molecule has 1 aromatic rings. The summed E-state index contributed by atoms with van der Waals surface area (Å²) in [4.78, 5) is 28.9. The fourth-order valence-corrected chi connectivity index (χ4v) is 4.74. The lowest BCUT2D eigenvalue weighted by atomic mass is 9.82. The van der Waals surface area contributed by atoms with Gasteiger partial charge in [-0.15, -0.1) is 0 Å². The van der Waals surface area contributed by atoms with Crippen molar-refractivity contribution in [1.29, 1.82) is 0 Å². The summed E-state index contributed by atoms with van der Waals surface area (Å²) in [6, 6.07) is 7.87. The lowest BCUT2D eigenvalue weighted by Gasteiger charge is -2.48. The van der Waals surface area contributed by atoms with E-state index in [1.54, 1.807) is 12.0 Å². The van der Waals surface area contributed by atoms with Gasteiger partial charge in [0.2, 0.25) is 11.8 Å². The summed E-state index contributed by atoms with van der Waals surface area (Å²) < 4.78 is 11.8. The van der Waals surface area contributed by atoms with Gasteiger partial charge in [-0.25, -0.2) is 0 Å². The minimum Gasteiger partial charge on any atom is -0.378 e. The molecule has 0 radical (unpaired) electrons. The number of piperidine rings is 1. The Bertz CT molecular complexity index is 712. The Hall–Kier alpha value is -1.92. The highest BCUT2D eigenvalue weighted by molar-refractivity contribution is 6.01. The number of benzene rings is 1. The van der Waals surface area contributed by atoms with E-state index < -0.39 is 0 Å². The van der Waals surface area contributed by atoms with Gasteiger partial charge in [-0.05, 0) is 43.7 Å². The summed E-state index contributed by atoms with van der Waals surface area (Å²) in [5.41, 5.74) is 1.77. The topological polar surface area (TPSA) is 59.1 Å². The third-order valence-electron chi connectivity index (χ3n) is 6.32. The molecule has 0 aromatic heterocycles. The van der Waals surface area contributed by atoms with E-state index >= 15 is 0 Å². The first-order chi connectivity index (χ1) is 13.1. The van der Waals surface area contributed by atoms with E-state index in [2.05, 4.69) is 0 Å². The molecule has 1 spiro atoms. The second-order valence-corrected chi connectivity index (χ2v) is 7.77. The van der Waals surface area contributed by atoms with Gasteiger partial charge in [0.25, 0.3) is 0 Å². The molecule has 0 aliphatic carbocycles. The van der Waals surface area contributed by atoms with Crippen molar-refractivity contribution in [1.82, 2.24) is 4.90 Å². The molecule has 6 heteroatoms. The standard InChI is InChI=1S/C21H28N2O4/c1-26-18-7-4-14-27-21(18)10-12-22(13-11-21)20(25)15-23-17-6-3-2-5-16(17)8-9-19(23)24/h2-3,5-6,18H,4,7-15H2,1H3/t18-/m0/s1. The predicted octanol–water partition coefficient (Wildman–Crippen LogP) is 2.15. The van der Waals surface area contributed by atoms with Crippen LogP contribution in [0.3, 0.4) is 0 Å². The van der Waals surface area contributed by atoms with E-state index in [9.17, 15) is 9.59 Å². The molecule has 2 fully saturated rings. The molecular formula is C21H28N2O4. The van der Waals surface area contributed by atoms with Crippen molar-refractivity contribution in [2.24, 2.45) is 0 Å². The number of fused-ring (bicyclic) bond motifs is 1. The van der Waals surface area contributed by atoms with Crippen LogP contribution in [0.2, 0.25) is 0 Å². The van der Waals surface area contributed by atoms with Gasteiger partial charge in [-0.1, -0.05) is 18.2 Å². The van der Waals surface area contributed by atoms with Crippen LogP contribution in [0, 0.1) is 0 Å². The maximum Gasteiger partial charge on any atom is 0.242 e. The Balaban J connectivity index is 1.41. The van der Waals surface area contributed by atoms with E-state index in [0.29, 0.717) is 19.5 Å². The molecule has 27 heavy (non-hydrogen) atoms. The van der Waals surface area contributed by atoms with Crippen molar-refractivity contribution in [3.05, 3.63) is 29.8 Å². The van der Waals surface area contributed by atoms with Crippen LogP contribution in [-0.2, 0) is 25.5 Å². The van der Waals surface area contributed by atoms with Crippen LogP contribution in [0.5, 0.6) is 0 Å². The quantitative estimate of drug-likeness (QED) is 0.816. The van der Waals surface area contributed by atoms with Crippen LogP contribution in [0.15, 0.2) is 24.3 Å². The van der Waals surface area contributed by atoms with Crippen LogP contribution < -0.4 is 4.90 Å². The average Bonchev–Trinajstić information content (AvgIpc) is 2.71. The van der Waals surface area contributed by atoms with E-state index in [-0.39, 0.29) is 30.1 Å². The van der Waals surface area contributed by atoms with Crippen LogP contribution in [0.1, 0.15) is 37.7 Å². The number of ether oxygens (including phenoxy) is 2. The molecule has 1 aromatic carbocycles. The Morgan fingerprint density at radius 2 is 2.04 bits per heavy atom. The maximum absolute atomic E-state index is 12.9. The number of para-hydroxylation sites is 1. The van der Waals surface area contributed by atoms with Crippen LogP contribution in [0.25, 0.3) is 0 Å². The van der Waals surface area contributed by atoms with Crippen molar-refractivity contribution < 1.29 is 19.1 Å². The number of carbonyl (C=O) groups excluding carboxylic acids is 2. The summed E-state index contributed by atoms with van der Waals surface area (Å²) in [6.45, 7) is 2.20. The zero-order valence-electron chi connectivity index (χ0n) is 16.0. The predicted molar refractivity (Wildman–Crippen MR) is 102 cm³/mol. The highest BCUT2D eigenvalue weighted by Gasteiger charge is 2.45. The van der Waals surface area contributed by atoms with E-state index in [1.165, 1.54) is 0 Å². The zero-order valence-corrected chi connectivity index (χ0v) is 16.0. The first-order valence-corrected chi connectivity index (χ1v) is 9.96. The fourth-order valence-electron chi connectivity index (χ4n) is 4.74. The molecule has 0 saturated carbocycles. The van der Waals surface area contributed by atoms with Gasteiger partial charge in [0, 0.05) is 38.9 Å². The van der Waals surface area contributed by atoms with Crippen molar-refractivity contribution in [2.75, 3.05) is 38.3 Å². The molecule has 3 aliphatic rings. The molecular weight excluding hydrogens is 344 g/mol. The first kappa shape index (κ1) is 18.4. The number of methoxy groups -OCH3 is 1. The number of rotatable bonds is 3. The molecule has 146 valence electrons.